The van der Waals surface area contributed by atoms with Crippen LogP contribution in [0.5, 0.6) is 5.75 Å². The van der Waals surface area contributed by atoms with Crippen LogP contribution in [0.15, 0.2) is 70.2 Å². The van der Waals surface area contributed by atoms with Crippen LogP contribution in [-0.2, 0) is 4.79 Å². The molecule has 2 atom stereocenters. The van der Waals surface area contributed by atoms with Gasteiger partial charge in [0, 0.05) is 16.1 Å². The summed E-state index contributed by atoms with van der Waals surface area (Å²) in [5.41, 5.74) is 10.4. The molecule has 0 aliphatic carbocycles. The monoisotopic (exact) mass is 438 g/mol. The molecule has 4 N–H and O–H groups in total. The fraction of sp³-hybridized carbons (Fsp3) is 0.143. The van der Waals surface area contributed by atoms with Gasteiger partial charge < -0.3 is 5.11 Å². The number of phenols is 1. The largest absolute Gasteiger partial charge is 0.507 e. The molecule has 0 radical (unpaired) electrons. The van der Waals surface area contributed by atoms with Gasteiger partial charge >= 0.3 is 0 Å². The first-order valence-corrected chi connectivity index (χ1v) is 9.71. The van der Waals surface area contributed by atoms with Crippen molar-refractivity contribution in [3.05, 3.63) is 76.3 Å². The van der Waals surface area contributed by atoms with Crippen molar-refractivity contribution in [2.24, 2.45) is 5.10 Å². The average Bonchev–Trinajstić information content (AvgIpc) is 3.20. The van der Waals surface area contributed by atoms with Crippen LogP contribution in [0.4, 0.5) is 0 Å². The van der Waals surface area contributed by atoms with Gasteiger partial charge in [0.2, 0.25) is 0 Å². The van der Waals surface area contributed by atoms with E-state index in [0.29, 0.717) is 12.0 Å². The minimum Gasteiger partial charge on any atom is -0.507 e. The van der Waals surface area contributed by atoms with E-state index in [-0.39, 0.29) is 17.7 Å². The number of hydrazone groups is 1. The molecule has 0 saturated carbocycles. The van der Waals surface area contributed by atoms with Crippen molar-refractivity contribution in [2.45, 2.75) is 18.5 Å². The zero-order valence-electron chi connectivity index (χ0n) is 14.9. The van der Waals surface area contributed by atoms with E-state index in [2.05, 4.69) is 37.3 Å². The summed E-state index contributed by atoms with van der Waals surface area (Å²) in [5, 5.41) is 16.0. The third-order valence-corrected chi connectivity index (χ3v) is 5.34. The predicted molar refractivity (Wildman–Crippen MR) is 113 cm³/mol. The average molecular weight is 439 g/mol. The van der Waals surface area contributed by atoms with Gasteiger partial charge in [0.25, 0.3) is 5.91 Å². The molecule has 1 fully saturated rings. The number of hydrogen-bond donors (Lipinski definition) is 4. The van der Waals surface area contributed by atoms with Gasteiger partial charge in [-0.05, 0) is 41.0 Å². The number of nitrogens with zero attached hydrogens (tertiary/aromatic N) is 1. The Morgan fingerprint density at radius 3 is 2.71 bits per heavy atom. The molecule has 2 unspecified atom stereocenters. The van der Waals surface area contributed by atoms with Gasteiger partial charge in [0.1, 0.15) is 11.8 Å². The Balaban J connectivity index is 1.41. The van der Waals surface area contributed by atoms with Crippen LogP contribution in [0.1, 0.15) is 23.6 Å². The first-order valence-electron chi connectivity index (χ1n) is 8.92. The second kappa shape index (κ2) is 8.10. The normalized spacial score (nSPS) is 19.3. The van der Waals surface area contributed by atoms with Gasteiger partial charge in [-0.3, -0.25) is 4.79 Å². The van der Waals surface area contributed by atoms with Gasteiger partial charge in [0.05, 0.1) is 6.21 Å². The zero-order chi connectivity index (χ0) is 19.5. The van der Waals surface area contributed by atoms with Crippen LogP contribution in [0.2, 0.25) is 0 Å². The maximum Gasteiger partial charge on any atom is 0.258 e. The molecule has 1 aliphatic rings. The van der Waals surface area contributed by atoms with E-state index in [1.807, 2.05) is 54.6 Å². The van der Waals surface area contributed by atoms with Crippen molar-refractivity contribution in [1.82, 2.24) is 16.3 Å². The first-order chi connectivity index (χ1) is 13.6. The van der Waals surface area contributed by atoms with E-state index in [9.17, 15) is 9.90 Å². The SMILES string of the molecule is O=C(N/N=C/c1c(O)ccc2ccccc12)C1CC(c2ccc(Br)cc2)NN1. The molecule has 1 saturated heterocycles. The lowest BCUT2D eigenvalue weighted by atomic mass is 10.0. The van der Waals surface area contributed by atoms with E-state index >= 15 is 0 Å². The second-order valence-corrected chi connectivity index (χ2v) is 7.55. The molecule has 1 amide bonds. The number of carbonyl (C=O) groups excluding carboxylic acids is 1. The zero-order valence-corrected chi connectivity index (χ0v) is 16.5. The summed E-state index contributed by atoms with van der Waals surface area (Å²) in [5.74, 6) is -0.115. The summed E-state index contributed by atoms with van der Waals surface area (Å²) in [7, 11) is 0. The minimum absolute atomic E-state index is 0.0509. The molecule has 6 nitrogen and oxygen atoms in total. The Labute approximate surface area is 170 Å². The van der Waals surface area contributed by atoms with Gasteiger partial charge in [-0.1, -0.05) is 58.4 Å². The lowest BCUT2D eigenvalue weighted by molar-refractivity contribution is -0.122. The summed E-state index contributed by atoms with van der Waals surface area (Å²) in [6.07, 6.45) is 2.09. The van der Waals surface area contributed by atoms with E-state index in [1.165, 1.54) is 6.21 Å². The Hall–Kier alpha value is -2.74. The number of aromatic hydroxyl groups is 1. The second-order valence-electron chi connectivity index (χ2n) is 6.63. The summed E-state index contributed by atoms with van der Waals surface area (Å²) in [6, 6.07) is 18.8. The molecule has 3 aromatic rings. The smallest absolute Gasteiger partial charge is 0.258 e. The van der Waals surface area contributed by atoms with Crippen molar-refractivity contribution in [2.75, 3.05) is 0 Å². The molecular weight excluding hydrogens is 420 g/mol. The lowest BCUT2D eigenvalue weighted by Crippen LogP contribution is -2.41. The highest BCUT2D eigenvalue weighted by atomic mass is 79.9. The number of rotatable bonds is 4. The molecule has 0 bridgehead atoms. The van der Waals surface area contributed by atoms with Crippen LogP contribution < -0.4 is 16.3 Å². The molecule has 28 heavy (non-hydrogen) atoms. The maximum atomic E-state index is 12.4. The van der Waals surface area contributed by atoms with Crippen molar-refractivity contribution < 1.29 is 9.90 Å². The van der Waals surface area contributed by atoms with Gasteiger partial charge in [-0.2, -0.15) is 5.10 Å². The lowest BCUT2D eigenvalue weighted by Gasteiger charge is -2.09. The van der Waals surface area contributed by atoms with E-state index in [0.717, 1.165) is 20.8 Å². The molecule has 142 valence electrons. The highest BCUT2D eigenvalue weighted by molar-refractivity contribution is 9.10. The molecule has 4 rings (SSSR count). The highest BCUT2D eigenvalue weighted by Gasteiger charge is 2.29. The number of amides is 1. The van der Waals surface area contributed by atoms with Gasteiger partial charge in [0.15, 0.2) is 0 Å². The van der Waals surface area contributed by atoms with Crippen molar-refractivity contribution >= 4 is 38.8 Å². The fourth-order valence-corrected chi connectivity index (χ4v) is 3.56. The Bertz CT molecular complexity index is 1040. The van der Waals surface area contributed by atoms with Gasteiger partial charge in [-0.25, -0.2) is 16.3 Å². The number of halogens is 1. The molecule has 3 aromatic carbocycles. The van der Waals surface area contributed by atoms with Crippen LogP contribution >= 0.6 is 15.9 Å². The van der Waals surface area contributed by atoms with Crippen molar-refractivity contribution in [1.29, 1.82) is 0 Å². The van der Waals surface area contributed by atoms with E-state index in [1.54, 1.807) is 6.07 Å². The quantitative estimate of drug-likeness (QED) is 0.371. The minimum atomic E-state index is -0.396. The number of hydrazine groups is 1. The third kappa shape index (κ3) is 3.91. The van der Waals surface area contributed by atoms with Crippen LogP contribution in [0.3, 0.4) is 0 Å². The number of carbonyl (C=O) groups is 1. The molecule has 0 aromatic heterocycles. The van der Waals surface area contributed by atoms with Crippen LogP contribution in [0.25, 0.3) is 10.8 Å². The van der Waals surface area contributed by atoms with Gasteiger partial charge in [-0.15, -0.1) is 0 Å². The maximum absolute atomic E-state index is 12.4. The van der Waals surface area contributed by atoms with Crippen molar-refractivity contribution in [3.8, 4) is 5.75 Å². The number of benzene rings is 3. The summed E-state index contributed by atoms with van der Waals surface area (Å²) in [6.45, 7) is 0. The predicted octanol–water partition coefficient (Wildman–Crippen LogP) is 3.37. The molecule has 7 heteroatoms. The third-order valence-electron chi connectivity index (χ3n) is 4.81. The standard InChI is InChI=1S/C21H19BrN4O2/c22-15-8-5-14(6-9-15)18-11-19(25-24-18)21(28)26-23-12-17-16-4-2-1-3-13(16)7-10-20(17)27/h1-10,12,18-19,24-25,27H,11H2,(H,26,28)/b23-12+. The number of fused-ring (bicyclic) bond motifs is 1. The molecular formula is C21H19BrN4O2. The Morgan fingerprint density at radius 1 is 1.11 bits per heavy atom. The van der Waals surface area contributed by atoms with Crippen molar-refractivity contribution in [3.63, 3.8) is 0 Å². The van der Waals surface area contributed by atoms with Crippen LogP contribution in [0, 0.1) is 0 Å². The molecule has 1 aliphatic heterocycles. The topological polar surface area (TPSA) is 85.8 Å². The first kappa shape index (κ1) is 18.6. The summed E-state index contributed by atoms with van der Waals surface area (Å²) < 4.78 is 1.02. The molecule has 0 spiro atoms. The number of hydrogen-bond acceptors (Lipinski definition) is 5. The summed E-state index contributed by atoms with van der Waals surface area (Å²) in [4.78, 5) is 12.4. The van der Waals surface area contributed by atoms with E-state index < -0.39 is 6.04 Å². The Kier molecular flexibility index (Phi) is 5.38. The van der Waals surface area contributed by atoms with Crippen LogP contribution in [-0.4, -0.2) is 23.3 Å². The number of nitrogens with one attached hydrogen (secondary N) is 3. The number of phenolic OH excluding ortho intramolecular Hbond substituents is 1. The van der Waals surface area contributed by atoms with E-state index in [4.69, 9.17) is 0 Å². The highest BCUT2D eigenvalue weighted by Crippen LogP contribution is 2.26. The Morgan fingerprint density at radius 2 is 1.89 bits per heavy atom. The summed E-state index contributed by atoms with van der Waals surface area (Å²) >= 11 is 3.42. The fourth-order valence-electron chi connectivity index (χ4n) is 3.30. The molecule has 1 heterocycles.